The van der Waals surface area contributed by atoms with Gasteiger partial charge in [0.1, 0.15) is 0 Å². The summed E-state index contributed by atoms with van der Waals surface area (Å²) in [6.07, 6.45) is 2.49. The first-order valence-electron chi connectivity index (χ1n) is 6.29. The van der Waals surface area contributed by atoms with Crippen LogP contribution in [0.25, 0.3) is 0 Å². The Morgan fingerprint density at radius 3 is 2.59 bits per heavy atom. The standard InChI is InChI=1S/C14H22N2O/c1-2-16(12-11-15)14(17)10-6-9-13-7-4-3-5-8-13/h3-5,7-8H,2,6,9-12,15H2,1H3. The fraction of sp³-hybridized carbons (Fsp3) is 0.500. The number of aryl methyl sites for hydroxylation is 1. The van der Waals surface area contributed by atoms with Crippen LogP contribution >= 0.6 is 0 Å². The molecule has 1 aromatic rings. The Labute approximate surface area is 104 Å². The molecule has 0 aliphatic carbocycles. The minimum Gasteiger partial charge on any atom is -0.342 e. The molecule has 0 fully saturated rings. The Bertz CT molecular complexity index is 324. The zero-order valence-electron chi connectivity index (χ0n) is 10.6. The number of carbonyl (C=O) groups is 1. The summed E-state index contributed by atoms with van der Waals surface area (Å²) < 4.78 is 0. The average Bonchev–Trinajstić information content (AvgIpc) is 2.37. The van der Waals surface area contributed by atoms with Crippen LogP contribution in [0, 0.1) is 0 Å². The third kappa shape index (κ3) is 5.00. The van der Waals surface area contributed by atoms with Gasteiger partial charge in [-0.1, -0.05) is 30.3 Å². The quantitative estimate of drug-likeness (QED) is 0.782. The Balaban J connectivity index is 2.28. The van der Waals surface area contributed by atoms with E-state index in [9.17, 15) is 4.79 Å². The molecule has 0 aliphatic rings. The lowest BCUT2D eigenvalue weighted by Gasteiger charge is -2.19. The molecule has 0 unspecified atom stereocenters. The van der Waals surface area contributed by atoms with E-state index in [0.717, 1.165) is 19.4 Å². The maximum absolute atomic E-state index is 11.8. The molecule has 2 N–H and O–H groups in total. The van der Waals surface area contributed by atoms with Crippen LogP contribution in [0.15, 0.2) is 30.3 Å². The van der Waals surface area contributed by atoms with Gasteiger partial charge in [-0.05, 0) is 25.3 Å². The van der Waals surface area contributed by atoms with Crippen LogP contribution in [0.3, 0.4) is 0 Å². The molecule has 0 heterocycles. The van der Waals surface area contributed by atoms with Gasteiger partial charge in [0.05, 0.1) is 0 Å². The largest absolute Gasteiger partial charge is 0.342 e. The van der Waals surface area contributed by atoms with E-state index in [4.69, 9.17) is 5.73 Å². The van der Waals surface area contributed by atoms with Crippen molar-refractivity contribution in [2.45, 2.75) is 26.2 Å². The van der Waals surface area contributed by atoms with Gasteiger partial charge in [-0.15, -0.1) is 0 Å². The number of amides is 1. The summed E-state index contributed by atoms with van der Waals surface area (Å²) in [6.45, 7) is 3.95. The van der Waals surface area contributed by atoms with Gasteiger partial charge in [0.25, 0.3) is 0 Å². The highest BCUT2D eigenvalue weighted by atomic mass is 16.2. The van der Waals surface area contributed by atoms with Crippen molar-refractivity contribution in [1.29, 1.82) is 0 Å². The van der Waals surface area contributed by atoms with Gasteiger partial charge in [-0.25, -0.2) is 0 Å². The predicted octanol–water partition coefficient (Wildman–Crippen LogP) is 1.82. The fourth-order valence-corrected chi connectivity index (χ4v) is 1.86. The van der Waals surface area contributed by atoms with Crippen LogP contribution < -0.4 is 5.73 Å². The van der Waals surface area contributed by atoms with E-state index in [0.29, 0.717) is 19.5 Å². The van der Waals surface area contributed by atoms with E-state index < -0.39 is 0 Å². The van der Waals surface area contributed by atoms with Crippen molar-refractivity contribution in [3.8, 4) is 0 Å². The van der Waals surface area contributed by atoms with Crippen LogP contribution in [0.1, 0.15) is 25.3 Å². The first-order chi connectivity index (χ1) is 8.27. The first kappa shape index (κ1) is 13.7. The van der Waals surface area contributed by atoms with Gasteiger partial charge >= 0.3 is 0 Å². The number of nitrogens with zero attached hydrogens (tertiary/aromatic N) is 1. The predicted molar refractivity (Wildman–Crippen MR) is 70.7 cm³/mol. The van der Waals surface area contributed by atoms with E-state index in [1.807, 2.05) is 30.0 Å². The molecular weight excluding hydrogens is 212 g/mol. The molecule has 1 aromatic carbocycles. The third-order valence-corrected chi connectivity index (χ3v) is 2.83. The summed E-state index contributed by atoms with van der Waals surface area (Å²) >= 11 is 0. The topological polar surface area (TPSA) is 46.3 Å². The lowest BCUT2D eigenvalue weighted by molar-refractivity contribution is -0.131. The molecule has 0 radical (unpaired) electrons. The maximum atomic E-state index is 11.8. The normalized spacial score (nSPS) is 10.2. The number of nitrogens with two attached hydrogens (primary N) is 1. The molecule has 0 atom stereocenters. The molecule has 1 amide bonds. The third-order valence-electron chi connectivity index (χ3n) is 2.83. The Morgan fingerprint density at radius 2 is 2.00 bits per heavy atom. The molecule has 94 valence electrons. The van der Waals surface area contributed by atoms with Crippen molar-refractivity contribution in [3.63, 3.8) is 0 Å². The van der Waals surface area contributed by atoms with Gasteiger partial charge in [0.2, 0.25) is 5.91 Å². The minimum atomic E-state index is 0.217. The summed E-state index contributed by atoms with van der Waals surface area (Å²) in [4.78, 5) is 13.6. The van der Waals surface area contributed by atoms with Crippen LogP contribution in [0.2, 0.25) is 0 Å². The van der Waals surface area contributed by atoms with Crippen molar-refractivity contribution in [1.82, 2.24) is 4.90 Å². The molecule has 0 spiro atoms. The molecular formula is C14H22N2O. The van der Waals surface area contributed by atoms with Crippen molar-refractivity contribution in [2.75, 3.05) is 19.6 Å². The monoisotopic (exact) mass is 234 g/mol. The molecule has 17 heavy (non-hydrogen) atoms. The molecule has 0 saturated carbocycles. The molecule has 0 saturated heterocycles. The second-order valence-electron chi connectivity index (χ2n) is 4.10. The maximum Gasteiger partial charge on any atom is 0.222 e. The number of rotatable bonds is 7. The van der Waals surface area contributed by atoms with Gasteiger partial charge in [0.15, 0.2) is 0 Å². The number of hydrogen-bond acceptors (Lipinski definition) is 2. The van der Waals surface area contributed by atoms with Crippen LogP contribution in [0.5, 0.6) is 0 Å². The molecule has 1 rings (SSSR count). The van der Waals surface area contributed by atoms with Gasteiger partial charge in [-0.2, -0.15) is 0 Å². The van der Waals surface area contributed by atoms with E-state index in [1.54, 1.807) is 0 Å². The van der Waals surface area contributed by atoms with Gasteiger partial charge in [0, 0.05) is 26.1 Å². The smallest absolute Gasteiger partial charge is 0.222 e. The summed E-state index contributed by atoms with van der Waals surface area (Å²) in [5, 5.41) is 0. The summed E-state index contributed by atoms with van der Waals surface area (Å²) in [6, 6.07) is 10.3. The van der Waals surface area contributed by atoms with Crippen LogP contribution in [0.4, 0.5) is 0 Å². The van der Waals surface area contributed by atoms with E-state index in [1.165, 1.54) is 5.56 Å². The van der Waals surface area contributed by atoms with E-state index in [2.05, 4.69) is 12.1 Å². The molecule has 0 aliphatic heterocycles. The number of likely N-dealkylation sites (N-methyl/N-ethyl adjacent to an activating group) is 1. The highest BCUT2D eigenvalue weighted by Gasteiger charge is 2.09. The average molecular weight is 234 g/mol. The lowest BCUT2D eigenvalue weighted by Crippen LogP contribution is -2.35. The number of carbonyl (C=O) groups excluding carboxylic acids is 1. The Hall–Kier alpha value is -1.35. The van der Waals surface area contributed by atoms with Crippen molar-refractivity contribution < 1.29 is 4.79 Å². The van der Waals surface area contributed by atoms with E-state index >= 15 is 0 Å². The molecule has 0 bridgehead atoms. The Kier molecular flexibility index (Phi) is 6.33. The lowest BCUT2D eigenvalue weighted by atomic mass is 10.1. The molecule has 3 heteroatoms. The van der Waals surface area contributed by atoms with Gasteiger partial charge < -0.3 is 10.6 Å². The van der Waals surface area contributed by atoms with Gasteiger partial charge in [-0.3, -0.25) is 4.79 Å². The Morgan fingerprint density at radius 1 is 1.29 bits per heavy atom. The summed E-state index contributed by atoms with van der Waals surface area (Å²) in [5.74, 6) is 0.217. The van der Waals surface area contributed by atoms with Crippen molar-refractivity contribution >= 4 is 5.91 Å². The van der Waals surface area contributed by atoms with E-state index in [-0.39, 0.29) is 5.91 Å². The summed E-state index contributed by atoms with van der Waals surface area (Å²) in [7, 11) is 0. The van der Waals surface area contributed by atoms with Crippen molar-refractivity contribution in [2.24, 2.45) is 5.73 Å². The second kappa shape index (κ2) is 7.85. The zero-order valence-corrected chi connectivity index (χ0v) is 10.6. The number of benzene rings is 1. The zero-order chi connectivity index (χ0) is 12.5. The van der Waals surface area contributed by atoms with Crippen molar-refractivity contribution in [3.05, 3.63) is 35.9 Å². The first-order valence-corrected chi connectivity index (χ1v) is 6.29. The highest BCUT2D eigenvalue weighted by Crippen LogP contribution is 2.06. The molecule has 0 aromatic heterocycles. The fourth-order valence-electron chi connectivity index (χ4n) is 1.86. The molecule has 3 nitrogen and oxygen atoms in total. The van der Waals surface area contributed by atoms with Crippen LogP contribution in [-0.4, -0.2) is 30.4 Å². The minimum absolute atomic E-state index is 0.217. The number of hydrogen-bond donors (Lipinski definition) is 1. The summed E-state index contributed by atoms with van der Waals surface area (Å²) in [5.41, 5.74) is 6.76. The second-order valence-corrected chi connectivity index (χ2v) is 4.10. The SMILES string of the molecule is CCN(CCN)C(=O)CCCc1ccccc1. The van der Waals surface area contributed by atoms with Crippen LogP contribution in [-0.2, 0) is 11.2 Å². The highest BCUT2D eigenvalue weighted by molar-refractivity contribution is 5.76.